The number of hydrogen-bond acceptors (Lipinski definition) is 5. The molecule has 3 heterocycles. The fourth-order valence-electron chi connectivity index (χ4n) is 4.56. The minimum Gasteiger partial charge on any atom is -0.337 e. The van der Waals surface area contributed by atoms with Gasteiger partial charge in [0, 0.05) is 28.7 Å². The van der Waals surface area contributed by atoms with Crippen LogP contribution in [0.3, 0.4) is 0 Å². The van der Waals surface area contributed by atoms with Crippen LogP contribution in [0.2, 0.25) is 0 Å². The number of nitrogens with one attached hydrogen (secondary N) is 2. The molecule has 0 saturated heterocycles. The van der Waals surface area contributed by atoms with E-state index >= 15 is 0 Å². The summed E-state index contributed by atoms with van der Waals surface area (Å²) in [6.45, 7) is 7.09. The lowest BCUT2D eigenvalue weighted by molar-refractivity contribution is 0.400. The van der Waals surface area contributed by atoms with E-state index in [1.165, 1.54) is 6.33 Å². The second-order valence-electron chi connectivity index (χ2n) is 9.53. The number of nitrogens with zero attached hydrogens (tertiary/aromatic N) is 5. The Kier molecular flexibility index (Phi) is 7.24. The predicted molar refractivity (Wildman–Crippen MR) is 151 cm³/mol. The molecule has 0 unspecified atom stereocenters. The fraction of sp³-hybridized carbons (Fsp3) is 0.200. The normalized spacial score (nSPS) is 12.7. The minimum absolute atomic E-state index is 0.245. The summed E-state index contributed by atoms with van der Waals surface area (Å²) in [7, 11) is 4.09. The smallest absolute Gasteiger partial charge is 0.159 e. The molecule has 2 aromatic carbocycles. The van der Waals surface area contributed by atoms with E-state index in [9.17, 15) is 4.39 Å². The number of aromatic amines is 2. The van der Waals surface area contributed by atoms with E-state index in [-0.39, 0.29) is 5.82 Å². The Hall–Kier alpha value is -4.43. The number of hydrogen-bond donors (Lipinski definition) is 2. The zero-order chi connectivity index (χ0) is 26.6. The van der Waals surface area contributed by atoms with E-state index in [0.717, 1.165) is 68.8 Å². The van der Waals surface area contributed by atoms with Gasteiger partial charge < -0.3 is 9.88 Å². The van der Waals surface area contributed by atoms with Crippen LogP contribution in [0.25, 0.3) is 51.4 Å². The zero-order valence-electron chi connectivity index (χ0n) is 21.8. The second-order valence-corrected chi connectivity index (χ2v) is 9.53. The maximum atomic E-state index is 14.6. The highest BCUT2D eigenvalue weighted by atomic mass is 19.1. The number of imidazole rings is 1. The molecule has 0 saturated carbocycles. The number of fused-ring (bicyclic) bond motifs is 1. The molecule has 2 N–H and O–H groups in total. The van der Waals surface area contributed by atoms with Crippen LogP contribution in [0.5, 0.6) is 0 Å². The Morgan fingerprint density at radius 1 is 1.13 bits per heavy atom. The van der Waals surface area contributed by atoms with Gasteiger partial charge in [0.2, 0.25) is 0 Å². The molecule has 0 aliphatic carbocycles. The van der Waals surface area contributed by atoms with Gasteiger partial charge in [-0.05, 0) is 81.4 Å². The van der Waals surface area contributed by atoms with Crippen LogP contribution in [0, 0.1) is 5.82 Å². The third-order valence-electron chi connectivity index (χ3n) is 6.45. The van der Waals surface area contributed by atoms with Gasteiger partial charge in [0.15, 0.2) is 5.82 Å². The first kappa shape index (κ1) is 25.2. The molecule has 0 bridgehead atoms. The molecule has 0 atom stereocenters. The number of aromatic nitrogens is 6. The largest absolute Gasteiger partial charge is 0.337 e. The molecule has 192 valence electrons. The summed E-state index contributed by atoms with van der Waals surface area (Å²) in [5, 5.41) is 9.36. The van der Waals surface area contributed by atoms with Crippen molar-refractivity contribution in [3.05, 3.63) is 89.2 Å². The first-order valence-electron chi connectivity index (χ1n) is 12.5. The molecule has 3 aromatic heterocycles. The third kappa shape index (κ3) is 5.31. The molecule has 0 aliphatic heterocycles. The summed E-state index contributed by atoms with van der Waals surface area (Å²) >= 11 is 0. The van der Waals surface area contributed by atoms with Gasteiger partial charge in [0.25, 0.3) is 0 Å². The van der Waals surface area contributed by atoms with Crippen LogP contribution in [-0.2, 0) is 6.42 Å². The Bertz CT molecular complexity index is 1710. The Morgan fingerprint density at radius 2 is 1.95 bits per heavy atom. The SMILES string of the molecule is C=C(/C=c1/c(-c2nc3c(-c4cc(F)cc(CCCN(C)C)c4)cccc3[nH]2)n[nH]/c1=C/C)c1cncnc1. The molecule has 0 aliphatic rings. The highest BCUT2D eigenvalue weighted by molar-refractivity contribution is 5.94. The molecular weight excluding hydrogens is 477 g/mol. The predicted octanol–water partition coefficient (Wildman–Crippen LogP) is 4.34. The van der Waals surface area contributed by atoms with Crippen molar-refractivity contribution in [1.29, 1.82) is 0 Å². The monoisotopic (exact) mass is 507 g/mol. The van der Waals surface area contributed by atoms with E-state index in [0.29, 0.717) is 11.5 Å². The van der Waals surface area contributed by atoms with Crippen LogP contribution in [-0.4, -0.2) is 55.7 Å². The molecule has 5 rings (SSSR count). The summed E-state index contributed by atoms with van der Waals surface area (Å²) in [5.41, 5.74) is 6.51. The summed E-state index contributed by atoms with van der Waals surface area (Å²) in [4.78, 5) is 18.7. The van der Waals surface area contributed by atoms with E-state index in [2.05, 4.69) is 42.7 Å². The first-order chi connectivity index (χ1) is 18.4. The number of rotatable bonds is 8. The highest BCUT2D eigenvalue weighted by Crippen LogP contribution is 2.30. The summed E-state index contributed by atoms with van der Waals surface area (Å²) < 4.78 is 14.6. The Labute approximate surface area is 220 Å². The van der Waals surface area contributed by atoms with Gasteiger partial charge in [0.1, 0.15) is 17.8 Å². The van der Waals surface area contributed by atoms with Gasteiger partial charge in [-0.2, -0.15) is 5.10 Å². The van der Waals surface area contributed by atoms with Crippen molar-refractivity contribution in [2.45, 2.75) is 19.8 Å². The molecule has 5 aromatic rings. The van der Waals surface area contributed by atoms with Crippen molar-refractivity contribution in [3.8, 4) is 22.6 Å². The van der Waals surface area contributed by atoms with Crippen LogP contribution in [0.1, 0.15) is 24.5 Å². The third-order valence-corrected chi connectivity index (χ3v) is 6.45. The topological polar surface area (TPSA) is 86.4 Å². The average molecular weight is 508 g/mol. The lowest BCUT2D eigenvalue weighted by atomic mass is 9.99. The molecule has 8 heteroatoms. The van der Waals surface area contributed by atoms with Crippen LogP contribution >= 0.6 is 0 Å². The van der Waals surface area contributed by atoms with E-state index < -0.39 is 0 Å². The van der Waals surface area contributed by atoms with Gasteiger partial charge in [-0.3, -0.25) is 5.10 Å². The van der Waals surface area contributed by atoms with Crippen molar-refractivity contribution >= 4 is 28.8 Å². The van der Waals surface area contributed by atoms with Crippen molar-refractivity contribution in [2.75, 3.05) is 20.6 Å². The van der Waals surface area contributed by atoms with E-state index in [1.54, 1.807) is 24.5 Å². The fourth-order valence-corrected chi connectivity index (χ4v) is 4.56. The van der Waals surface area contributed by atoms with E-state index in [4.69, 9.17) is 4.98 Å². The molecule has 38 heavy (non-hydrogen) atoms. The van der Waals surface area contributed by atoms with Gasteiger partial charge in [-0.25, -0.2) is 19.3 Å². The number of para-hydroxylation sites is 1. The van der Waals surface area contributed by atoms with Crippen molar-refractivity contribution in [1.82, 2.24) is 35.0 Å². The Morgan fingerprint density at radius 3 is 2.71 bits per heavy atom. The summed E-state index contributed by atoms with van der Waals surface area (Å²) in [6.07, 6.45) is 10.6. The Balaban J connectivity index is 1.57. The molecule has 0 fully saturated rings. The number of H-pyrrole nitrogens is 2. The number of halogens is 1. The van der Waals surface area contributed by atoms with E-state index in [1.807, 2.05) is 51.4 Å². The first-order valence-corrected chi connectivity index (χ1v) is 12.5. The molecule has 7 nitrogen and oxygen atoms in total. The lowest BCUT2D eigenvalue weighted by Crippen LogP contribution is -2.23. The quantitative estimate of drug-likeness (QED) is 0.326. The molecule has 0 amide bonds. The van der Waals surface area contributed by atoms with Gasteiger partial charge in [0.05, 0.1) is 16.4 Å². The van der Waals surface area contributed by atoms with Crippen LogP contribution in [0.15, 0.2) is 61.7 Å². The standard InChI is InChI=1S/C30H30FN7/c1-5-26-25(12-19(2)22-16-32-18-33-17-22)29(37-36-26)30-34-27-10-6-9-24(28(27)35-30)21-13-20(14-23(31)15-21)8-7-11-38(3)4/h5-6,9-10,12-18,36H,2,7-8,11H2,1,3-4H3,(H,34,35)/b25-12+,26-5+. The van der Waals surface area contributed by atoms with Gasteiger partial charge >= 0.3 is 0 Å². The average Bonchev–Trinajstić information content (AvgIpc) is 3.52. The van der Waals surface area contributed by atoms with Crippen molar-refractivity contribution < 1.29 is 4.39 Å². The number of aryl methyl sites for hydroxylation is 1. The molecule has 0 spiro atoms. The highest BCUT2D eigenvalue weighted by Gasteiger charge is 2.15. The maximum Gasteiger partial charge on any atom is 0.159 e. The summed E-state index contributed by atoms with van der Waals surface area (Å²) in [5.74, 6) is 0.369. The number of allylic oxidation sites excluding steroid dienone is 1. The van der Waals surface area contributed by atoms with Crippen molar-refractivity contribution in [2.24, 2.45) is 0 Å². The minimum atomic E-state index is -0.245. The van der Waals surface area contributed by atoms with Crippen LogP contribution < -0.4 is 10.6 Å². The lowest BCUT2D eigenvalue weighted by Gasteiger charge is -2.10. The zero-order valence-corrected chi connectivity index (χ0v) is 21.8. The van der Waals surface area contributed by atoms with Crippen molar-refractivity contribution in [3.63, 3.8) is 0 Å². The summed E-state index contributed by atoms with van der Waals surface area (Å²) in [6, 6.07) is 11.2. The molecular formula is C30H30FN7. The van der Waals surface area contributed by atoms with Gasteiger partial charge in [-0.1, -0.05) is 30.9 Å². The number of benzene rings is 2. The van der Waals surface area contributed by atoms with Gasteiger partial charge in [-0.15, -0.1) is 0 Å². The molecule has 0 radical (unpaired) electrons. The second kappa shape index (κ2) is 10.9. The maximum absolute atomic E-state index is 14.6. The van der Waals surface area contributed by atoms with Crippen LogP contribution in [0.4, 0.5) is 4.39 Å².